The van der Waals surface area contributed by atoms with Gasteiger partial charge in [-0.3, -0.25) is 4.98 Å². The molecule has 1 N–H and O–H groups in total. The van der Waals surface area contributed by atoms with Gasteiger partial charge >= 0.3 is 11.9 Å². The number of carbonyl (C=O) groups excluding carboxylic acids is 1. The van der Waals surface area contributed by atoms with E-state index in [2.05, 4.69) is 4.98 Å². The molecule has 6 heteroatoms. The molecule has 1 aromatic carbocycles. The van der Waals surface area contributed by atoms with E-state index in [1.807, 2.05) is 6.07 Å². The van der Waals surface area contributed by atoms with E-state index in [1.165, 1.54) is 12.4 Å². The molecule has 0 saturated heterocycles. The number of aromatic carboxylic acids is 1. The summed E-state index contributed by atoms with van der Waals surface area (Å²) in [5, 5.41) is 9.12. The SMILES string of the molecule is CC(COC(=O)c1ccccc1)c1ccncc1C(=O)O.Cl. The third-order valence-corrected chi connectivity index (χ3v) is 3.09. The molecule has 0 saturated carbocycles. The van der Waals surface area contributed by atoms with Crippen molar-refractivity contribution >= 4 is 24.3 Å². The number of carbonyl (C=O) groups is 2. The number of benzene rings is 1. The Balaban J connectivity index is 0.00000242. The van der Waals surface area contributed by atoms with E-state index in [-0.39, 0.29) is 30.5 Å². The summed E-state index contributed by atoms with van der Waals surface area (Å²) in [6.45, 7) is 1.91. The van der Waals surface area contributed by atoms with Crippen LogP contribution < -0.4 is 0 Å². The summed E-state index contributed by atoms with van der Waals surface area (Å²) in [5.41, 5.74) is 1.19. The van der Waals surface area contributed by atoms with Crippen LogP contribution in [0.5, 0.6) is 0 Å². The Labute approximate surface area is 134 Å². The van der Waals surface area contributed by atoms with E-state index in [0.717, 1.165) is 0 Å². The highest BCUT2D eigenvalue weighted by atomic mass is 35.5. The van der Waals surface area contributed by atoms with Gasteiger partial charge in [0.15, 0.2) is 0 Å². The minimum Gasteiger partial charge on any atom is -0.478 e. The molecule has 2 aromatic rings. The zero-order valence-electron chi connectivity index (χ0n) is 11.9. The number of carboxylic acids is 1. The number of hydrogen-bond donors (Lipinski definition) is 1. The topological polar surface area (TPSA) is 76.5 Å². The second kappa shape index (κ2) is 8.14. The maximum atomic E-state index is 11.8. The molecular weight excluding hydrogens is 306 g/mol. The molecule has 0 radical (unpaired) electrons. The van der Waals surface area contributed by atoms with Crippen molar-refractivity contribution in [2.75, 3.05) is 6.61 Å². The fraction of sp³-hybridized carbons (Fsp3) is 0.188. The average molecular weight is 322 g/mol. The number of carboxylic acid groups (broad SMARTS) is 1. The molecule has 116 valence electrons. The van der Waals surface area contributed by atoms with Gasteiger partial charge in [-0.05, 0) is 23.8 Å². The van der Waals surface area contributed by atoms with E-state index in [4.69, 9.17) is 9.84 Å². The second-order valence-corrected chi connectivity index (χ2v) is 4.63. The van der Waals surface area contributed by atoms with E-state index < -0.39 is 11.9 Å². The van der Waals surface area contributed by atoms with Gasteiger partial charge in [-0.15, -0.1) is 12.4 Å². The summed E-state index contributed by atoms with van der Waals surface area (Å²) in [4.78, 5) is 26.8. The lowest BCUT2D eigenvalue weighted by Gasteiger charge is -2.14. The van der Waals surface area contributed by atoms with Crippen molar-refractivity contribution < 1.29 is 19.4 Å². The van der Waals surface area contributed by atoms with Gasteiger partial charge in [0.25, 0.3) is 0 Å². The third-order valence-electron chi connectivity index (χ3n) is 3.09. The minimum absolute atomic E-state index is 0. The number of rotatable bonds is 5. The third kappa shape index (κ3) is 4.30. The molecule has 0 aliphatic carbocycles. The minimum atomic E-state index is -1.04. The van der Waals surface area contributed by atoms with Crippen molar-refractivity contribution in [2.45, 2.75) is 12.8 Å². The molecule has 1 unspecified atom stereocenters. The van der Waals surface area contributed by atoms with Crippen LogP contribution in [0.3, 0.4) is 0 Å². The largest absolute Gasteiger partial charge is 0.478 e. The first-order valence-corrected chi connectivity index (χ1v) is 6.49. The summed E-state index contributed by atoms with van der Waals surface area (Å²) < 4.78 is 5.23. The lowest BCUT2D eigenvalue weighted by atomic mass is 9.98. The van der Waals surface area contributed by atoms with Gasteiger partial charge in [0, 0.05) is 18.3 Å². The molecule has 2 rings (SSSR count). The highest BCUT2D eigenvalue weighted by molar-refractivity contribution is 5.90. The quantitative estimate of drug-likeness (QED) is 0.856. The van der Waals surface area contributed by atoms with Crippen molar-refractivity contribution in [1.29, 1.82) is 0 Å². The summed E-state index contributed by atoms with van der Waals surface area (Å²) >= 11 is 0. The van der Waals surface area contributed by atoms with Crippen LogP contribution in [-0.4, -0.2) is 28.6 Å². The molecule has 0 fully saturated rings. The molecule has 1 aromatic heterocycles. The maximum Gasteiger partial charge on any atom is 0.338 e. The molecule has 0 spiro atoms. The van der Waals surface area contributed by atoms with Crippen LogP contribution in [0.2, 0.25) is 0 Å². The van der Waals surface area contributed by atoms with Gasteiger partial charge in [-0.1, -0.05) is 25.1 Å². The van der Waals surface area contributed by atoms with Crippen molar-refractivity contribution in [3.63, 3.8) is 0 Å². The summed E-state index contributed by atoms with van der Waals surface area (Å²) in [6, 6.07) is 10.3. The van der Waals surface area contributed by atoms with Gasteiger partial charge < -0.3 is 9.84 Å². The van der Waals surface area contributed by atoms with Crippen LogP contribution in [0.15, 0.2) is 48.8 Å². The van der Waals surface area contributed by atoms with Crippen LogP contribution in [0, 0.1) is 0 Å². The van der Waals surface area contributed by atoms with E-state index in [1.54, 1.807) is 37.3 Å². The summed E-state index contributed by atoms with van der Waals surface area (Å²) in [5.74, 6) is -1.69. The molecule has 0 aliphatic rings. The first-order valence-electron chi connectivity index (χ1n) is 6.49. The van der Waals surface area contributed by atoms with Crippen molar-refractivity contribution in [1.82, 2.24) is 4.98 Å². The Hall–Kier alpha value is -2.40. The van der Waals surface area contributed by atoms with Crippen LogP contribution in [0.4, 0.5) is 0 Å². The van der Waals surface area contributed by atoms with Crippen molar-refractivity contribution in [3.8, 4) is 0 Å². The number of esters is 1. The molecule has 0 bridgehead atoms. The summed E-state index contributed by atoms with van der Waals surface area (Å²) in [6.07, 6.45) is 2.82. The number of halogens is 1. The second-order valence-electron chi connectivity index (χ2n) is 4.63. The Morgan fingerprint density at radius 2 is 1.91 bits per heavy atom. The molecule has 1 heterocycles. The van der Waals surface area contributed by atoms with E-state index in [0.29, 0.717) is 11.1 Å². The number of hydrogen-bond acceptors (Lipinski definition) is 4. The molecular formula is C16H16ClNO4. The fourth-order valence-corrected chi connectivity index (χ4v) is 1.96. The standard InChI is InChI=1S/C16H15NO4.ClH/c1-11(13-7-8-17-9-14(13)15(18)19)10-21-16(20)12-5-3-2-4-6-12;/h2-9,11H,10H2,1H3,(H,18,19);1H. The maximum absolute atomic E-state index is 11.8. The number of nitrogens with zero attached hydrogens (tertiary/aromatic N) is 1. The normalized spacial score (nSPS) is 11.1. The molecule has 22 heavy (non-hydrogen) atoms. The van der Waals surface area contributed by atoms with Gasteiger partial charge in [0.2, 0.25) is 0 Å². The van der Waals surface area contributed by atoms with Crippen LogP contribution in [0.25, 0.3) is 0 Å². The Morgan fingerprint density at radius 1 is 1.23 bits per heavy atom. The molecule has 0 aliphatic heterocycles. The van der Waals surface area contributed by atoms with Gasteiger partial charge in [-0.25, -0.2) is 9.59 Å². The predicted octanol–water partition coefficient (Wildman–Crippen LogP) is 3.16. The zero-order chi connectivity index (χ0) is 15.2. The van der Waals surface area contributed by atoms with Crippen molar-refractivity contribution in [2.24, 2.45) is 0 Å². The molecule has 0 amide bonds. The predicted molar refractivity (Wildman–Crippen MR) is 83.6 cm³/mol. The monoisotopic (exact) mass is 321 g/mol. The highest BCUT2D eigenvalue weighted by Crippen LogP contribution is 2.20. The molecule has 1 atom stereocenters. The van der Waals surface area contributed by atoms with E-state index in [9.17, 15) is 9.59 Å². The lowest BCUT2D eigenvalue weighted by Crippen LogP contribution is -2.14. The first kappa shape index (κ1) is 17.7. The van der Waals surface area contributed by atoms with Gasteiger partial charge in [0.1, 0.15) is 0 Å². The average Bonchev–Trinajstić information content (AvgIpc) is 2.53. The molecule has 5 nitrogen and oxygen atoms in total. The number of ether oxygens (including phenoxy) is 1. The Morgan fingerprint density at radius 3 is 2.55 bits per heavy atom. The van der Waals surface area contributed by atoms with Gasteiger partial charge in [-0.2, -0.15) is 0 Å². The Kier molecular flexibility index (Phi) is 6.53. The highest BCUT2D eigenvalue weighted by Gasteiger charge is 2.17. The van der Waals surface area contributed by atoms with Crippen LogP contribution in [-0.2, 0) is 4.74 Å². The van der Waals surface area contributed by atoms with Crippen molar-refractivity contribution in [3.05, 3.63) is 65.5 Å². The first-order chi connectivity index (χ1) is 10.1. The smallest absolute Gasteiger partial charge is 0.338 e. The Bertz CT molecular complexity index is 646. The van der Waals surface area contributed by atoms with Crippen LogP contribution >= 0.6 is 12.4 Å². The lowest BCUT2D eigenvalue weighted by molar-refractivity contribution is 0.0485. The summed E-state index contributed by atoms with van der Waals surface area (Å²) in [7, 11) is 0. The fourth-order valence-electron chi connectivity index (χ4n) is 1.96. The van der Waals surface area contributed by atoms with Crippen LogP contribution in [0.1, 0.15) is 39.1 Å². The number of aromatic nitrogens is 1. The number of pyridine rings is 1. The van der Waals surface area contributed by atoms with Gasteiger partial charge in [0.05, 0.1) is 17.7 Å². The zero-order valence-corrected chi connectivity index (χ0v) is 12.7. The van der Waals surface area contributed by atoms with E-state index >= 15 is 0 Å².